The molecule has 0 saturated heterocycles. The molecule has 0 aliphatic heterocycles. The molecule has 0 amide bonds. The maximum atomic E-state index is 12.4. The smallest absolute Gasteiger partial charge is 0.434 e. The zero-order valence-corrected chi connectivity index (χ0v) is 27.0. The van der Waals surface area contributed by atoms with Gasteiger partial charge in [0.1, 0.15) is 6.10 Å². The Bertz CT molecular complexity index is 803. The molecule has 0 bridgehead atoms. The van der Waals surface area contributed by atoms with Crippen LogP contribution in [0.3, 0.4) is 0 Å². The van der Waals surface area contributed by atoms with Gasteiger partial charge in [0, 0.05) is 6.42 Å². The minimum absolute atomic E-state index is 0.000498. The number of rotatable bonds is 16. The number of carbonyl (C=O) groups excluding carboxylic acids is 1. The molecule has 4 rings (SSSR count). The molecule has 0 N–H and O–H groups in total. The molecule has 0 aromatic rings. The molecule has 3 fully saturated rings. The van der Waals surface area contributed by atoms with Gasteiger partial charge in [-0.15, -0.1) is 0 Å². The average Bonchev–Trinajstić information content (AvgIpc) is 3.28. The molecule has 4 aliphatic carbocycles. The molecule has 7 atom stereocenters. The number of fused-ring (bicyclic) bond motifs is 5. The minimum Gasteiger partial charge on any atom is -0.434 e. The third kappa shape index (κ3) is 7.69. The highest BCUT2D eigenvalue weighted by atomic mass is 16.7. The van der Waals surface area contributed by atoms with Gasteiger partial charge in [0.2, 0.25) is 0 Å². The predicted molar refractivity (Wildman–Crippen MR) is 167 cm³/mol. The highest BCUT2D eigenvalue weighted by Gasteiger charge is 2.58. The number of hydrogen-bond donors (Lipinski definition) is 0. The number of carbonyl (C=O) groups is 1. The Morgan fingerprint density at radius 3 is 2.20 bits per heavy atom. The quantitative estimate of drug-likeness (QED) is 0.108. The van der Waals surface area contributed by atoms with E-state index in [0.717, 1.165) is 49.4 Å². The van der Waals surface area contributed by atoms with E-state index in [9.17, 15) is 4.79 Å². The Labute approximate surface area is 248 Å². The summed E-state index contributed by atoms with van der Waals surface area (Å²) in [5, 5.41) is 0. The van der Waals surface area contributed by atoms with Gasteiger partial charge in [-0.2, -0.15) is 0 Å². The molecule has 40 heavy (non-hydrogen) atoms. The summed E-state index contributed by atoms with van der Waals surface area (Å²) in [5.74, 6) is 3.57. The Balaban J connectivity index is 1.22. The van der Waals surface area contributed by atoms with Crippen molar-refractivity contribution in [2.75, 3.05) is 6.61 Å². The molecule has 230 valence electrons. The zero-order chi connectivity index (χ0) is 28.4. The van der Waals surface area contributed by atoms with Crippen molar-refractivity contribution in [2.45, 2.75) is 175 Å². The van der Waals surface area contributed by atoms with Crippen LogP contribution in [0.25, 0.3) is 0 Å². The highest BCUT2D eigenvalue weighted by Crippen LogP contribution is 2.66. The van der Waals surface area contributed by atoms with Crippen LogP contribution in [0.5, 0.6) is 0 Å². The number of hydrogen-bond acceptors (Lipinski definition) is 3. The highest BCUT2D eigenvalue weighted by molar-refractivity contribution is 5.60. The molecule has 0 unspecified atom stereocenters. The first-order valence-corrected chi connectivity index (χ1v) is 17.9. The maximum Gasteiger partial charge on any atom is 0.508 e. The van der Waals surface area contributed by atoms with Crippen molar-refractivity contribution in [3.05, 3.63) is 11.6 Å². The summed E-state index contributed by atoms with van der Waals surface area (Å²) in [7, 11) is 0. The average molecular weight is 557 g/mol. The summed E-state index contributed by atoms with van der Waals surface area (Å²) >= 11 is 0. The van der Waals surface area contributed by atoms with Crippen LogP contribution < -0.4 is 0 Å². The van der Waals surface area contributed by atoms with Crippen molar-refractivity contribution in [1.29, 1.82) is 0 Å². The van der Waals surface area contributed by atoms with Crippen LogP contribution in [-0.4, -0.2) is 18.9 Å². The fourth-order valence-corrected chi connectivity index (χ4v) is 9.87. The van der Waals surface area contributed by atoms with Gasteiger partial charge in [0.05, 0.1) is 6.61 Å². The van der Waals surface area contributed by atoms with E-state index in [1.54, 1.807) is 5.57 Å². The first-order chi connectivity index (χ1) is 19.4. The predicted octanol–water partition coefficient (Wildman–Crippen LogP) is 11.6. The molecule has 0 aromatic heterocycles. The fraction of sp³-hybridized carbons (Fsp3) is 0.919. The zero-order valence-electron chi connectivity index (χ0n) is 27.0. The van der Waals surface area contributed by atoms with Crippen LogP contribution in [0.1, 0.15) is 169 Å². The lowest BCUT2D eigenvalue weighted by molar-refractivity contribution is -0.0563. The summed E-state index contributed by atoms with van der Waals surface area (Å²) in [5.41, 5.74) is 2.48. The van der Waals surface area contributed by atoms with Gasteiger partial charge in [-0.25, -0.2) is 4.79 Å². The van der Waals surface area contributed by atoms with E-state index in [4.69, 9.17) is 9.47 Å². The van der Waals surface area contributed by atoms with Crippen molar-refractivity contribution in [3.63, 3.8) is 0 Å². The summed E-state index contributed by atoms with van der Waals surface area (Å²) in [6, 6.07) is 0. The third-order valence-electron chi connectivity index (χ3n) is 12.4. The molecule has 3 saturated carbocycles. The van der Waals surface area contributed by atoms with Gasteiger partial charge in [0.25, 0.3) is 0 Å². The normalized spacial score (nSPS) is 34.9. The molecular weight excluding hydrogens is 492 g/mol. The van der Waals surface area contributed by atoms with Gasteiger partial charge < -0.3 is 9.47 Å². The molecule has 0 radical (unpaired) electrons. The first-order valence-electron chi connectivity index (χ1n) is 17.9. The van der Waals surface area contributed by atoms with Crippen LogP contribution in [-0.2, 0) is 9.47 Å². The van der Waals surface area contributed by atoms with E-state index in [-0.39, 0.29) is 6.10 Å². The maximum absolute atomic E-state index is 12.4. The topological polar surface area (TPSA) is 35.5 Å². The van der Waals surface area contributed by atoms with Crippen molar-refractivity contribution in [2.24, 2.45) is 34.5 Å². The Kier molecular flexibility index (Phi) is 12.4. The van der Waals surface area contributed by atoms with Crippen molar-refractivity contribution in [1.82, 2.24) is 0 Å². The van der Waals surface area contributed by atoms with E-state index in [1.165, 1.54) is 116 Å². The van der Waals surface area contributed by atoms with Gasteiger partial charge in [-0.1, -0.05) is 116 Å². The largest absolute Gasteiger partial charge is 0.508 e. The first kappa shape index (κ1) is 31.9. The van der Waals surface area contributed by atoms with Gasteiger partial charge in [0.15, 0.2) is 0 Å². The summed E-state index contributed by atoms with van der Waals surface area (Å²) < 4.78 is 11.3. The van der Waals surface area contributed by atoms with Crippen molar-refractivity contribution >= 4 is 6.16 Å². The molecule has 4 aliphatic rings. The summed E-state index contributed by atoms with van der Waals surface area (Å²) in [6.45, 7) is 10.3. The second-order valence-corrected chi connectivity index (χ2v) is 14.8. The van der Waals surface area contributed by atoms with E-state index in [1.807, 2.05) is 0 Å². The van der Waals surface area contributed by atoms with Crippen LogP contribution in [0.4, 0.5) is 4.79 Å². The standard InChI is InChI=1S/C37H64O3/c1-5-7-9-11-13-15-17-27-39-35(38)40-31-23-25-37(4)30(28-31)19-21-32-33-22-20-29(18-16-14-12-10-8-6-2)36(33,3)26-24-34(32)37/h19,29,31-34H,5-18,20-28H2,1-4H3/t29-,31+,32+,33+,34+,36-,37+/m1/s1. The lowest BCUT2D eigenvalue weighted by Gasteiger charge is -2.58. The fourth-order valence-electron chi connectivity index (χ4n) is 9.87. The monoisotopic (exact) mass is 556 g/mol. The lowest BCUT2D eigenvalue weighted by atomic mass is 9.47. The van der Waals surface area contributed by atoms with Gasteiger partial charge >= 0.3 is 6.16 Å². The summed E-state index contributed by atoms with van der Waals surface area (Å²) in [6.07, 6.45) is 30.9. The Morgan fingerprint density at radius 1 is 0.800 bits per heavy atom. The van der Waals surface area contributed by atoms with Crippen LogP contribution >= 0.6 is 0 Å². The molecule has 3 heteroatoms. The van der Waals surface area contributed by atoms with Crippen LogP contribution in [0.15, 0.2) is 11.6 Å². The molecule has 3 nitrogen and oxygen atoms in total. The van der Waals surface area contributed by atoms with E-state index < -0.39 is 6.16 Å². The van der Waals surface area contributed by atoms with Crippen LogP contribution in [0, 0.1) is 34.5 Å². The van der Waals surface area contributed by atoms with E-state index in [0.29, 0.717) is 17.4 Å². The number of allylic oxidation sites excluding steroid dienone is 1. The number of ether oxygens (including phenoxy) is 2. The van der Waals surface area contributed by atoms with Crippen LogP contribution in [0.2, 0.25) is 0 Å². The van der Waals surface area contributed by atoms with Gasteiger partial charge in [-0.3, -0.25) is 0 Å². The molecule has 0 heterocycles. The second-order valence-electron chi connectivity index (χ2n) is 14.8. The van der Waals surface area contributed by atoms with Crippen molar-refractivity contribution in [3.8, 4) is 0 Å². The van der Waals surface area contributed by atoms with Crippen molar-refractivity contribution < 1.29 is 14.3 Å². The Morgan fingerprint density at radius 2 is 1.48 bits per heavy atom. The Hall–Kier alpha value is -0.990. The lowest BCUT2D eigenvalue weighted by Crippen LogP contribution is -2.50. The minimum atomic E-state index is -0.440. The second kappa shape index (κ2) is 15.5. The molecule has 0 spiro atoms. The molecule has 0 aromatic carbocycles. The van der Waals surface area contributed by atoms with E-state index in [2.05, 4.69) is 33.8 Å². The van der Waals surface area contributed by atoms with E-state index >= 15 is 0 Å². The summed E-state index contributed by atoms with van der Waals surface area (Å²) in [4.78, 5) is 12.4. The van der Waals surface area contributed by atoms with Gasteiger partial charge in [-0.05, 0) is 92.3 Å². The third-order valence-corrected chi connectivity index (χ3v) is 12.4. The molecular formula is C37H64O3. The SMILES string of the molecule is CCCCCCCCCOC(=O)O[C@H]1CC[C@@]2(C)C(=CC[C@H]3[C@@H]4CC[C@@H](CCCCCCCC)[C@@]4(C)CC[C@@H]32)C1. The number of unbranched alkanes of at least 4 members (excludes halogenated alkanes) is 11.